The molecule has 0 aromatic carbocycles. The zero-order valence-corrected chi connectivity index (χ0v) is 11.2. The maximum absolute atomic E-state index is 11.5. The van der Waals surface area contributed by atoms with Crippen LogP contribution in [0.1, 0.15) is 42.2 Å². The summed E-state index contributed by atoms with van der Waals surface area (Å²) in [6.07, 6.45) is 0.942. The Morgan fingerprint density at radius 2 is 2.22 bits per heavy atom. The van der Waals surface area contributed by atoms with E-state index in [0.29, 0.717) is 17.8 Å². The minimum atomic E-state index is -1.06. The predicted molar refractivity (Wildman–Crippen MR) is 68.4 cm³/mol. The number of carbonyl (C=O) groups is 2. The second-order valence-electron chi connectivity index (χ2n) is 4.70. The van der Waals surface area contributed by atoms with Crippen LogP contribution in [0.4, 0.5) is 0 Å². The molecule has 0 unspecified atom stereocenters. The molecule has 0 aliphatic rings. The SMILES string of the molecule is CC(C)(N)CCC(=O)NCc1nc(C(=O)O)cs1. The van der Waals surface area contributed by atoms with E-state index in [1.807, 2.05) is 13.8 Å². The Morgan fingerprint density at radius 1 is 1.56 bits per heavy atom. The molecule has 7 heteroatoms. The first-order chi connectivity index (χ1) is 8.28. The van der Waals surface area contributed by atoms with Crippen molar-refractivity contribution < 1.29 is 14.7 Å². The summed E-state index contributed by atoms with van der Waals surface area (Å²) in [5.41, 5.74) is 5.41. The average molecular weight is 271 g/mol. The largest absolute Gasteiger partial charge is 0.476 e. The molecule has 1 amide bonds. The lowest BCUT2D eigenvalue weighted by Gasteiger charge is -2.17. The number of aromatic nitrogens is 1. The number of carboxylic acids is 1. The number of carbonyl (C=O) groups excluding carboxylic acids is 1. The molecule has 6 nitrogen and oxygen atoms in total. The van der Waals surface area contributed by atoms with E-state index in [-0.39, 0.29) is 23.7 Å². The van der Waals surface area contributed by atoms with Gasteiger partial charge in [-0.2, -0.15) is 0 Å². The van der Waals surface area contributed by atoms with Crippen molar-refractivity contribution in [1.82, 2.24) is 10.3 Å². The van der Waals surface area contributed by atoms with Gasteiger partial charge >= 0.3 is 5.97 Å². The molecule has 1 aromatic rings. The van der Waals surface area contributed by atoms with E-state index in [9.17, 15) is 9.59 Å². The van der Waals surface area contributed by atoms with Crippen LogP contribution in [0.2, 0.25) is 0 Å². The third-order valence-corrected chi connectivity index (χ3v) is 3.05. The molecule has 100 valence electrons. The van der Waals surface area contributed by atoms with Crippen molar-refractivity contribution in [1.29, 1.82) is 0 Å². The number of hydrogen-bond acceptors (Lipinski definition) is 5. The molecule has 4 N–H and O–H groups in total. The Balaban J connectivity index is 2.36. The Bertz CT molecular complexity index is 437. The molecular weight excluding hydrogens is 254 g/mol. The monoisotopic (exact) mass is 271 g/mol. The molecule has 1 heterocycles. The van der Waals surface area contributed by atoms with E-state index in [2.05, 4.69) is 10.3 Å². The molecule has 18 heavy (non-hydrogen) atoms. The van der Waals surface area contributed by atoms with Crippen LogP contribution in [0, 0.1) is 0 Å². The van der Waals surface area contributed by atoms with Gasteiger partial charge in [0, 0.05) is 17.3 Å². The van der Waals surface area contributed by atoms with Gasteiger partial charge in [0.1, 0.15) is 5.01 Å². The molecule has 0 atom stereocenters. The fourth-order valence-corrected chi connectivity index (χ4v) is 1.90. The van der Waals surface area contributed by atoms with Gasteiger partial charge in [-0.1, -0.05) is 0 Å². The maximum Gasteiger partial charge on any atom is 0.355 e. The number of nitrogens with two attached hydrogens (primary N) is 1. The van der Waals surface area contributed by atoms with E-state index in [1.165, 1.54) is 16.7 Å². The molecule has 0 aliphatic carbocycles. The maximum atomic E-state index is 11.5. The first-order valence-electron chi connectivity index (χ1n) is 5.51. The Hall–Kier alpha value is -1.47. The molecule has 1 aromatic heterocycles. The van der Waals surface area contributed by atoms with Crippen molar-refractivity contribution in [3.05, 3.63) is 16.1 Å². The number of nitrogens with zero attached hydrogens (tertiary/aromatic N) is 1. The van der Waals surface area contributed by atoms with Gasteiger partial charge in [0.15, 0.2) is 5.69 Å². The second-order valence-corrected chi connectivity index (χ2v) is 5.64. The van der Waals surface area contributed by atoms with E-state index >= 15 is 0 Å². The highest BCUT2D eigenvalue weighted by molar-refractivity contribution is 7.09. The van der Waals surface area contributed by atoms with E-state index in [4.69, 9.17) is 10.8 Å². The number of amides is 1. The van der Waals surface area contributed by atoms with Gasteiger partial charge in [-0.25, -0.2) is 9.78 Å². The lowest BCUT2D eigenvalue weighted by atomic mass is 10.00. The molecule has 0 radical (unpaired) electrons. The number of nitrogens with one attached hydrogen (secondary N) is 1. The Kier molecular flexibility index (Phi) is 4.80. The number of rotatable bonds is 6. The molecular formula is C11H17N3O3S. The van der Waals surface area contributed by atoms with Gasteiger partial charge in [-0.15, -0.1) is 11.3 Å². The van der Waals surface area contributed by atoms with Gasteiger partial charge in [0.05, 0.1) is 6.54 Å². The summed E-state index contributed by atoms with van der Waals surface area (Å²) in [6, 6.07) is 0. The first-order valence-corrected chi connectivity index (χ1v) is 6.39. The highest BCUT2D eigenvalue weighted by atomic mass is 32.1. The summed E-state index contributed by atoms with van der Waals surface area (Å²) in [5, 5.41) is 13.4. The van der Waals surface area contributed by atoms with Crippen molar-refractivity contribution in [2.24, 2.45) is 5.73 Å². The number of aromatic carboxylic acids is 1. The van der Waals surface area contributed by atoms with Gasteiger partial charge in [-0.3, -0.25) is 4.79 Å². The highest BCUT2D eigenvalue weighted by Crippen LogP contribution is 2.10. The van der Waals surface area contributed by atoms with Crippen molar-refractivity contribution >= 4 is 23.2 Å². The molecule has 0 aliphatic heterocycles. The quantitative estimate of drug-likeness (QED) is 0.715. The summed E-state index contributed by atoms with van der Waals surface area (Å²) in [5.74, 6) is -1.17. The summed E-state index contributed by atoms with van der Waals surface area (Å²) >= 11 is 1.21. The molecule has 0 saturated carbocycles. The van der Waals surface area contributed by atoms with Crippen LogP contribution in [0.3, 0.4) is 0 Å². The van der Waals surface area contributed by atoms with Crippen molar-refractivity contribution in [2.75, 3.05) is 0 Å². The van der Waals surface area contributed by atoms with E-state index < -0.39 is 5.97 Å². The normalized spacial score (nSPS) is 11.3. The molecule has 0 spiro atoms. The standard InChI is InChI=1S/C11H17N3O3S/c1-11(2,12)4-3-8(15)13-5-9-14-7(6-18-9)10(16)17/h6H,3-5,12H2,1-2H3,(H,13,15)(H,16,17). The fraction of sp³-hybridized carbons (Fsp3) is 0.545. The zero-order valence-electron chi connectivity index (χ0n) is 10.4. The lowest BCUT2D eigenvalue weighted by molar-refractivity contribution is -0.121. The number of carboxylic acid groups (broad SMARTS) is 1. The van der Waals surface area contributed by atoms with Crippen molar-refractivity contribution in [2.45, 2.75) is 38.8 Å². The predicted octanol–water partition coefficient (Wildman–Crippen LogP) is 0.975. The first kappa shape index (κ1) is 14.6. The third-order valence-electron chi connectivity index (χ3n) is 2.20. The summed E-state index contributed by atoms with van der Waals surface area (Å²) < 4.78 is 0. The zero-order chi connectivity index (χ0) is 13.8. The minimum Gasteiger partial charge on any atom is -0.476 e. The van der Waals surface area contributed by atoms with Crippen molar-refractivity contribution in [3.63, 3.8) is 0 Å². The summed E-state index contributed by atoms with van der Waals surface area (Å²) in [7, 11) is 0. The van der Waals surface area contributed by atoms with Crippen LogP contribution in [-0.2, 0) is 11.3 Å². The number of thiazole rings is 1. The Morgan fingerprint density at radius 3 is 2.72 bits per heavy atom. The Labute approximate surface area is 109 Å². The van der Waals surface area contributed by atoms with Crippen LogP contribution in [0.5, 0.6) is 0 Å². The smallest absolute Gasteiger partial charge is 0.355 e. The fourth-order valence-electron chi connectivity index (χ4n) is 1.19. The van der Waals surface area contributed by atoms with E-state index in [0.717, 1.165) is 0 Å². The summed E-state index contributed by atoms with van der Waals surface area (Å²) in [4.78, 5) is 26.0. The van der Waals surface area contributed by atoms with Gasteiger partial charge in [0.25, 0.3) is 0 Å². The topological polar surface area (TPSA) is 105 Å². The number of hydrogen-bond donors (Lipinski definition) is 3. The minimum absolute atomic E-state index is 0.00680. The van der Waals surface area contributed by atoms with Crippen LogP contribution in [0.25, 0.3) is 0 Å². The lowest BCUT2D eigenvalue weighted by Crippen LogP contribution is -2.34. The van der Waals surface area contributed by atoms with Crippen LogP contribution in [0.15, 0.2) is 5.38 Å². The van der Waals surface area contributed by atoms with E-state index in [1.54, 1.807) is 0 Å². The third kappa shape index (κ3) is 5.24. The van der Waals surface area contributed by atoms with Gasteiger partial charge < -0.3 is 16.2 Å². The molecule has 0 fully saturated rings. The summed E-state index contributed by atoms with van der Waals surface area (Å²) in [6.45, 7) is 3.97. The second kappa shape index (κ2) is 5.92. The average Bonchev–Trinajstić information content (AvgIpc) is 2.71. The van der Waals surface area contributed by atoms with Crippen LogP contribution in [-0.4, -0.2) is 27.5 Å². The van der Waals surface area contributed by atoms with Gasteiger partial charge in [-0.05, 0) is 20.3 Å². The van der Waals surface area contributed by atoms with Gasteiger partial charge in [0.2, 0.25) is 5.91 Å². The van der Waals surface area contributed by atoms with Crippen LogP contribution < -0.4 is 11.1 Å². The van der Waals surface area contributed by atoms with Crippen molar-refractivity contribution in [3.8, 4) is 0 Å². The molecule has 0 bridgehead atoms. The highest BCUT2D eigenvalue weighted by Gasteiger charge is 2.14. The molecule has 0 saturated heterocycles. The molecule has 1 rings (SSSR count). The van der Waals surface area contributed by atoms with Crippen LogP contribution >= 0.6 is 11.3 Å².